The Bertz CT molecular complexity index is 1370. The Hall–Kier alpha value is -4.26. The molecule has 1 aliphatic heterocycles. The average molecular weight is 414 g/mol. The van der Waals surface area contributed by atoms with Gasteiger partial charge in [0.05, 0.1) is 17.8 Å². The first-order valence-electron chi connectivity index (χ1n) is 9.66. The van der Waals surface area contributed by atoms with Gasteiger partial charge in [-0.3, -0.25) is 14.4 Å². The minimum atomic E-state index is -0.299. The smallest absolute Gasteiger partial charge is 0.261 e. The third kappa shape index (κ3) is 3.46. The molecule has 0 spiro atoms. The van der Waals surface area contributed by atoms with E-state index in [1.54, 1.807) is 48.5 Å². The molecule has 154 valence electrons. The van der Waals surface area contributed by atoms with Gasteiger partial charge in [-0.05, 0) is 48.0 Å². The number of fused-ring (bicyclic) bond motifs is 2. The van der Waals surface area contributed by atoms with Crippen LogP contribution in [0, 0.1) is 0 Å². The monoisotopic (exact) mass is 414 g/mol. The predicted molar refractivity (Wildman–Crippen MR) is 117 cm³/mol. The van der Waals surface area contributed by atoms with Crippen LogP contribution in [0.25, 0.3) is 10.8 Å². The third-order valence-electron chi connectivity index (χ3n) is 5.16. The second-order valence-electron chi connectivity index (χ2n) is 7.14. The zero-order valence-electron chi connectivity index (χ0n) is 16.4. The van der Waals surface area contributed by atoms with E-state index in [-0.39, 0.29) is 30.5 Å². The molecule has 0 unspecified atom stereocenters. The van der Waals surface area contributed by atoms with Gasteiger partial charge in [-0.1, -0.05) is 24.3 Å². The van der Waals surface area contributed by atoms with Gasteiger partial charge >= 0.3 is 0 Å². The van der Waals surface area contributed by atoms with Crippen molar-refractivity contribution in [1.29, 1.82) is 0 Å². The van der Waals surface area contributed by atoms with Gasteiger partial charge in [-0.15, -0.1) is 0 Å². The lowest BCUT2D eigenvalue weighted by molar-refractivity contribution is 0.174. The van der Waals surface area contributed by atoms with Crippen molar-refractivity contribution < 1.29 is 19.7 Å². The molecule has 7 heteroatoms. The second-order valence-corrected chi connectivity index (χ2v) is 7.14. The van der Waals surface area contributed by atoms with E-state index >= 15 is 0 Å². The molecule has 0 fully saturated rings. The molecular formula is C24H18N2O5. The van der Waals surface area contributed by atoms with Crippen LogP contribution < -0.4 is 15.0 Å². The van der Waals surface area contributed by atoms with E-state index in [0.29, 0.717) is 33.5 Å². The summed E-state index contributed by atoms with van der Waals surface area (Å²) in [6.07, 6.45) is 1.53. The summed E-state index contributed by atoms with van der Waals surface area (Å²) in [6.45, 7) is 0.323. The van der Waals surface area contributed by atoms with Crippen molar-refractivity contribution >= 4 is 22.7 Å². The number of hydrogen-bond donors (Lipinski definition) is 2. The molecule has 4 aromatic rings. The number of aromatic hydroxyl groups is 2. The van der Waals surface area contributed by atoms with Crippen LogP contribution in [-0.2, 0) is 6.54 Å². The van der Waals surface area contributed by atoms with Gasteiger partial charge in [-0.25, -0.2) is 0 Å². The number of phenols is 1. The lowest BCUT2D eigenvalue weighted by Crippen LogP contribution is -2.22. The number of ether oxygens (including phenoxy) is 2. The first-order chi connectivity index (χ1) is 15.1. The maximum absolute atomic E-state index is 13.1. The number of aliphatic imine (C=N–C) groups is 1. The summed E-state index contributed by atoms with van der Waals surface area (Å²) in [6, 6.07) is 18.9. The van der Waals surface area contributed by atoms with Crippen LogP contribution in [0.3, 0.4) is 0 Å². The van der Waals surface area contributed by atoms with E-state index in [4.69, 9.17) is 9.47 Å². The van der Waals surface area contributed by atoms with Crippen LogP contribution in [0.5, 0.6) is 23.1 Å². The van der Waals surface area contributed by atoms with Gasteiger partial charge < -0.3 is 19.7 Å². The third-order valence-corrected chi connectivity index (χ3v) is 5.16. The minimum absolute atomic E-state index is 0.143. The molecule has 1 aliphatic rings. The first-order valence-corrected chi connectivity index (χ1v) is 9.66. The van der Waals surface area contributed by atoms with Crippen molar-refractivity contribution in [3.8, 4) is 23.1 Å². The highest BCUT2D eigenvalue weighted by Crippen LogP contribution is 2.33. The van der Waals surface area contributed by atoms with Gasteiger partial charge in [0.2, 0.25) is 12.7 Å². The number of pyridine rings is 1. The van der Waals surface area contributed by atoms with Crippen LogP contribution in [0.1, 0.15) is 11.1 Å². The van der Waals surface area contributed by atoms with E-state index in [0.717, 1.165) is 5.56 Å². The van der Waals surface area contributed by atoms with Crippen LogP contribution in [0.4, 0.5) is 5.69 Å². The fraction of sp³-hybridized carbons (Fsp3) is 0.0833. The van der Waals surface area contributed by atoms with E-state index in [9.17, 15) is 15.0 Å². The number of nitrogens with zero attached hydrogens (tertiary/aromatic N) is 2. The van der Waals surface area contributed by atoms with Gasteiger partial charge in [0, 0.05) is 17.0 Å². The maximum atomic E-state index is 13.1. The molecular weight excluding hydrogens is 396 g/mol. The van der Waals surface area contributed by atoms with Crippen LogP contribution in [0.2, 0.25) is 0 Å². The Morgan fingerprint density at radius 3 is 2.48 bits per heavy atom. The summed E-state index contributed by atoms with van der Waals surface area (Å²) in [4.78, 5) is 17.5. The van der Waals surface area contributed by atoms with Crippen molar-refractivity contribution in [2.75, 3.05) is 6.79 Å². The molecule has 2 heterocycles. The van der Waals surface area contributed by atoms with Crippen molar-refractivity contribution in [2.45, 2.75) is 6.54 Å². The molecule has 2 N–H and O–H groups in total. The zero-order chi connectivity index (χ0) is 21.4. The maximum Gasteiger partial charge on any atom is 0.261 e. The molecule has 0 amide bonds. The molecule has 0 saturated carbocycles. The molecule has 0 radical (unpaired) electrons. The number of aromatic nitrogens is 1. The normalized spacial score (nSPS) is 12.6. The zero-order valence-corrected chi connectivity index (χ0v) is 16.4. The van der Waals surface area contributed by atoms with E-state index in [1.807, 2.05) is 6.07 Å². The Morgan fingerprint density at radius 1 is 0.935 bits per heavy atom. The summed E-state index contributed by atoms with van der Waals surface area (Å²) >= 11 is 0. The van der Waals surface area contributed by atoms with E-state index < -0.39 is 0 Å². The Balaban J connectivity index is 1.61. The molecule has 0 atom stereocenters. The molecule has 0 saturated heterocycles. The SMILES string of the molecule is O=c1c2ccccc2c(C=Nc2ccc(O)cc2)c(O)n1Cc1ccc2c(c1)OCO2. The lowest BCUT2D eigenvalue weighted by atomic mass is 10.1. The van der Waals surface area contributed by atoms with Gasteiger partial charge in [-0.2, -0.15) is 0 Å². The largest absolute Gasteiger partial charge is 0.508 e. The highest BCUT2D eigenvalue weighted by atomic mass is 16.7. The molecule has 0 aliphatic carbocycles. The predicted octanol–water partition coefficient (Wildman–Crippen LogP) is 3.94. The van der Waals surface area contributed by atoms with Crippen molar-refractivity contribution in [3.63, 3.8) is 0 Å². The summed E-state index contributed by atoms with van der Waals surface area (Å²) in [5.41, 5.74) is 1.53. The molecule has 1 aromatic heterocycles. The molecule has 7 nitrogen and oxygen atoms in total. The summed E-state index contributed by atoms with van der Waals surface area (Å²) in [5.74, 6) is 1.23. The standard InChI is InChI=1S/C24H18N2O5/c27-17-8-6-16(7-9-17)25-12-20-18-3-1-2-4-19(18)23(28)26(24(20)29)13-15-5-10-21-22(11-15)31-14-30-21/h1-12,27,29H,13-14H2. The fourth-order valence-corrected chi connectivity index (χ4v) is 3.59. The molecule has 3 aromatic carbocycles. The highest BCUT2D eigenvalue weighted by molar-refractivity contribution is 6.02. The second kappa shape index (κ2) is 7.53. The van der Waals surface area contributed by atoms with Gasteiger partial charge in [0.15, 0.2) is 11.5 Å². The Labute approximate surface area is 177 Å². The molecule has 31 heavy (non-hydrogen) atoms. The summed E-state index contributed by atoms with van der Waals surface area (Å²) < 4.78 is 12.1. The lowest BCUT2D eigenvalue weighted by Gasteiger charge is -2.14. The summed E-state index contributed by atoms with van der Waals surface area (Å²) in [5, 5.41) is 21.6. The topological polar surface area (TPSA) is 93.3 Å². The number of phenolic OH excluding ortho intramolecular Hbond substituents is 1. The van der Waals surface area contributed by atoms with E-state index in [1.165, 1.54) is 22.9 Å². The number of hydrogen-bond acceptors (Lipinski definition) is 6. The minimum Gasteiger partial charge on any atom is -0.508 e. The highest BCUT2D eigenvalue weighted by Gasteiger charge is 2.17. The van der Waals surface area contributed by atoms with Gasteiger partial charge in [0.25, 0.3) is 5.56 Å². The van der Waals surface area contributed by atoms with E-state index in [2.05, 4.69) is 4.99 Å². The van der Waals surface area contributed by atoms with Gasteiger partial charge in [0.1, 0.15) is 5.75 Å². The van der Waals surface area contributed by atoms with Crippen molar-refractivity contribution in [3.05, 3.63) is 88.2 Å². The van der Waals surface area contributed by atoms with Crippen LogP contribution in [0.15, 0.2) is 76.5 Å². The summed E-state index contributed by atoms with van der Waals surface area (Å²) in [7, 11) is 0. The Morgan fingerprint density at radius 2 is 1.68 bits per heavy atom. The van der Waals surface area contributed by atoms with Crippen molar-refractivity contribution in [1.82, 2.24) is 4.57 Å². The van der Waals surface area contributed by atoms with Crippen molar-refractivity contribution in [2.24, 2.45) is 4.99 Å². The Kier molecular flexibility index (Phi) is 4.55. The van der Waals surface area contributed by atoms with Crippen LogP contribution in [-0.4, -0.2) is 27.8 Å². The van der Waals surface area contributed by atoms with Crippen LogP contribution >= 0.6 is 0 Å². The fourth-order valence-electron chi connectivity index (χ4n) is 3.59. The number of rotatable bonds is 4. The number of benzene rings is 3. The first kappa shape index (κ1) is 18.7. The molecule has 0 bridgehead atoms. The quantitative estimate of drug-likeness (QED) is 0.494. The average Bonchev–Trinajstić information content (AvgIpc) is 3.26. The molecule has 5 rings (SSSR count).